The van der Waals surface area contributed by atoms with Crippen LogP contribution in [0.2, 0.25) is 0 Å². The van der Waals surface area contributed by atoms with Crippen molar-refractivity contribution in [3.8, 4) is 17.2 Å². The lowest BCUT2D eigenvalue weighted by Crippen LogP contribution is -2.52. The van der Waals surface area contributed by atoms with Crippen molar-refractivity contribution in [1.29, 1.82) is 0 Å². The molecule has 1 N–H and O–H groups in total. The second-order valence-corrected chi connectivity index (χ2v) is 9.43. The highest BCUT2D eigenvalue weighted by molar-refractivity contribution is 5.87. The van der Waals surface area contributed by atoms with Crippen LogP contribution in [0.3, 0.4) is 0 Å². The van der Waals surface area contributed by atoms with Crippen molar-refractivity contribution in [1.82, 2.24) is 10.2 Å². The van der Waals surface area contributed by atoms with Crippen LogP contribution in [0.25, 0.3) is 0 Å². The molecule has 192 valence electrons. The van der Waals surface area contributed by atoms with Crippen molar-refractivity contribution in [3.05, 3.63) is 53.6 Å². The second-order valence-electron chi connectivity index (χ2n) is 9.43. The molecule has 0 spiro atoms. The predicted octanol–water partition coefficient (Wildman–Crippen LogP) is 4.76. The van der Waals surface area contributed by atoms with Crippen molar-refractivity contribution in [2.45, 2.75) is 72.5 Å². The number of hydrogen-bond donors (Lipinski definition) is 1. The fourth-order valence-electron chi connectivity index (χ4n) is 3.63. The molecule has 0 bridgehead atoms. The summed E-state index contributed by atoms with van der Waals surface area (Å²) < 4.78 is 16.6. The zero-order valence-corrected chi connectivity index (χ0v) is 22.1. The zero-order chi connectivity index (χ0) is 26.0. The Morgan fingerprint density at radius 3 is 2.11 bits per heavy atom. The van der Waals surface area contributed by atoms with Crippen LogP contribution in [0.15, 0.2) is 42.5 Å². The smallest absolute Gasteiger partial charge is 0.242 e. The van der Waals surface area contributed by atoms with Crippen LogP contribution >= 0.6 is 0 Å². The first kappa shape index (κ1) is 28.0. The largest absolute Gasteiger partial charge is 0.497 e. The quantitative estimate of drug-likeness (QED) is 0.470. The molecule has 0 aliphatic heterocycles. The Bertz CT molecular complexity index is 966. The molecule has 7 nitrogen and oxygen atoms in total. The minimum atomic E-state index is -0.622. The van der Waals surface area contributed by atoms with E-state index in [-0.39, 0.29) is 18.2 Å². The van der Waals surface area contributed by atoms with Crippen LogP contribution in [-0.4, -0.2) is 48.6 Å². The number of aryl methyl sites for hydroxylation is 1. The average molecular weight is 485 g/mol. The highest BCUT2D eigenvalue weighted by Crippen LogP contribution is 2.29. The minimum absolute atomic E-state index is 0.0933. The number of methoxy groups -OCH3 is 1. The maximum atomic E-state index is 13.4. The molecule has 0 fully saturated rings. The Morgan fingerprint density at radius 1 is 0.943 bits per heavy atom. The molecule has 1 atom stereocenters. The summed E-state index contributed by atoms with van der Waals surface area (Å²) in [5.74, 6) is 1.83. The average Bonchev–Trinajstić information content (AvgIpc) is 2.81. The lowest BCUT2D eigenvalue weighted by Gasteiger charge is -2.31. The van der Waals surface area contributed by atoms with Gasteiger partial charge in [0.1, 0.15) is 11.8 Å². The molecule has 2 aromatic rings. The summed E-state index contributed by atoms with van der Waals surface area (Å²) in [6, 6.07) is 12.7. The van der Waals surface area contributed by atoms with Gasteiger partial charge in [-0.1, -0.05) is 18.2 Å². The molecule has 0 aromatic heterocycles. The number of rotatable bonds is 12. The Morgan fingerprint density at radius 2 is 1.54 bits per heavy atom. The third-order valence-corrected chi connectivity index (χ3v) is 5.41. The SMILES string of the molecule is CCOc1ccc(CCC(=O)N(Cc2ccc(OC)cc2)[C@H](C)C(=O)NC(C)(C)C)cc1OCC. The number of nitrogens with one attached hydrogen (secondary N) is 1. The van der Waals surface area contributed by atoms with E-state index in [1.54, 1.807) is 18.9 Å². The fraction of sp³-hybridized carbons (Fsp3) is 0.500. The van der Waals surface area contributed by atoms with Gasteiger partial charge in [-0.3, -0.25) is 9.59 Å². The maximum absolute atomic E-state index is 13.4. The van der Waals surface area contributed by atoms with E-state index >= 15 is 0 Å². The third kappa shape index (κ3) is 8.81. The summed E-state index contributed by atoms with van der Waals surface area (Å²) in [7, 11) is 1.61. The lowest BCUT2D eigenvalue weighted by molar-refractivity contribution is -0.141. The van der Waals surface area contributed by atoms with Crippen LogP contribution in [0, 0.1) is 0 Å². The molecule has 0 heterocycles. The number of hydrogen-bond acceptors (Lipinski definition) is 5. The monoisotopic (exact) mass is 484 g/mol. The molecule has 0 saturated heterocycles. The van der Waals surface area contributed by atoms with Gasteiger partial charge in [-0.25, -0.2) is 0 Å². The van der Waals surface area contributed by atoms with Gasteiger partial charge in [-0.2, -0.15) is 0 Å². The van der Waals surface area contributed by atoms with Crippen LogP contribution in [0.5, 0.6) is 17.2 Å². The Balaban J connectivity index is 2.20. The van der Waals surface area contributed by atoms with Gasteiger partial charge >= 0.3 is 0 Å². The number of carbonyl (C=O) groups is 2. The molecule has 0 radical (unpaired) electrons. The standard InChI is InChI=1S/C28H40N2O5/c1-8-34-24-16-12-21(18-25(24)35-9-2)13-17-26(31)30(20(3)27(32)29-28(4,5)6)19-22-10-14-23(33-7)15-11-22/h10-12,14-16,18,20H,8-9,13,17,19H2,1-7H3,(H,29,32)/t20-/m1/s1. The second kappa shape index (κ2) is 13.0. The highest BCUT2D eigenvalue weighted by Gasteiger charge is 2.28. The van der Waals surface area contributed by atoms with E-state index in [0.29, 0.717) is 37.7 Å². The number of benzene rings is 2. The minimum Gasteiger partial charge on any atom is -0.497 e. The van der Waals surface area contributed by atoms with Crippen molar-refractivity contribution in [3.63, 3.8) is 0 Å². The fourth-order valence-corrected chi connectivity index (χ4v) is 3.63. The van der Waals surface area contributed by atoms with Gasteiger partial charge in [0, 0.05) is 18.5 Å². The summed E-state index contributed by atoms with van der Waals surface area (Å²) in [5, 5.41) is 2.99. The summed E-state index contributed by atoms with van der Waals surface area (Å²) in [4.78, 5) is 28.0. The Kier molecular flexibility index (Phi) is 10.4. The number of amides is 2. The molecule has 35 heavy (non-hydrogen) atoms. The van der Waals surface area contributed by atoms with Crippen molar-refractivity contribution in [2.24, 2.45) is 0 Å². The van der Waals surface area contributed by atoms with Crippen LogP contribution < -0.4 is 19.5 Å². The van der Waals surface area contributed by atoms with E-state index < -0.39 is 11.6 Å². The maximum Gasteiger partial charge on any atom is 0.242 e. The van der Waals surface area contributed by atoms with Gasteiger partial charge in [-0.15, -0.1) is 0 Å². The molecular formula is C28H40N2O5. The zero-order valence-electron chi connectivity index (χ0n) is 22.1. The molecule has 0 unspecified atom stereocenters. The summed E-state index contributed by atoms with van der Waals surface area (Å²) in [5.41, 5.74) is 1.51. The molecule has 7 heteroatoms. The van der Waals surface area contributed by atoms with E-state index in [9.17, 15) is 9.59 Å². The topological polar surface area (TPSA) is 77.1 Å². The van der Waals surface area contributed by atoms with Gasteiger partial charge in [-0.05, 0) is 83.4 Å². The van der Waals surface area contributed by atoms with Gasteiger partial charge in [0.25, 0.3) is 0 Å². The van der Waals surface area contributed by atoms with Crippen LogP contribution in [-0.2, 0) is 22.6 Å². The first-order valence-electron chi connectivity index (χ1n) is 12.2. The van der Waals surface area contributed by atoms with E-state index in [1.165, 1.54) is 0 Å². The molecule has 2 rings (SSSR count). The van der Waals surface area contributed by atoms with E-state index in [0.717, 1.165) is 16.9 Å². The van der Waals surface area contributed by atoms with Crippen molar-refractivity contribution in [2.75, 3.05) is 20.3 Å². The molecule has 0 saturated carbocycles. The summed E-state index contributed by atoms with van der Waals surface area (Å²) in [6.07, 6.45) is 0.793. The first-order chi connectivity index (χ1) is 16.6. The van der Waals surface area contributed by atoms with E-state index in [2.05, 4.69) is 5.32 Å². The summed E-state index contributed by atoms with van der Waals surface area (Å²) in [6.45, 7) is 12.8. The van der Waals surface area contributed by atoms with E-state index in [1.807, 2.05) is 77.1 Å². The number of carbonyl (C=O) groups excluding carboxylic acids is 2. The van der Waals surface area contributed by atoms with Gasteiger partial charge in [0.15, 0.2) is 11.5 Å². The van der Waals surface area contributed by atoms with Crippen LogP contribution in [0.4, 0.5) is 0 Å². The Labute approximate surface area is 209 Å². The number of ether oxygens (including phenoxy) is 3. The predicted molar refractivity (Wildman–Crippen MR) is 138 cm³/mol. The summed E-state index contributed by atoms with van der Waals surface area (Å²) >= 11 is 0. The number of nitrogens with zero attached hydrogens (tertiary/aromatic N) is 1. The van der Waals surface area contributed by atoms with E-state index in [4.69, 9.17) is 14.2 Å². The molecule has 2 amide bonds. The highest BCUT2D eigenvalue weighted by atomic mass is 16.5. The van der Waals surface area contributed by atoms with Gasteiger partial charge < -0.3 is 24.4 Å². The van der Waals surface area contributed by atoms with Crippen molar-refractivity contribution < 1.29 is 23.8 Å². The Hall–Kier alpha value is -3.22. The molecule has 0 aliphatic carbocycles. The molecule has 2 aromatic carbocycles. The molecule has 0 aliphatic rings. The van der Waals surface area contributed by atoms with Gasteiger partial charge in [0.05, 0.1) is 20.3 Å². The van der Waals surface area contributed by atoms with Crippen LogP contribution in [0.1, 0.15) is 59.1 Å². The lowest BCUT2D eigenvalue weighted by atomic mass is 10.1. The molecular weight excluding hydrogens is 444 g/mol. The third-order valence-electron chi connectivity index (χ3n) is 5.41. The van der Waals surface area contributed by atoms with Crippen molar-refractivity contribution >= 4 is 11.8 Å². The van der Waals surface area contributed by atoms with Gasteiger partial charge in [0.2, 0.25) is 11.8 Å². The first-order valence-corrected chi connectivity index (χ1v) is 12.2. The normalized spacial score (nSPS) is 12.0.